The molecule has 0 radical (unpaired) electrons. The molecule has 1 aromatic heterocycles. The summed E-state index contributed by atoms with van der Waals surface area (Å²) in [7, 11) is -3.17. The van der Waals surface area contributed by atoms with Crippen molar-refractivity contribution in [2.24, 2.45) is 5.92 Å². The Hall–Kier alpha value is -2.88. The Morgan fingerprint density at radius 2 is 2.00 bits per heavy atom. The summed E-state index contributed by atoms with van der Waals surface area (Å²) >= 11 is 0. The fraction of sp³-hybridized carbons (Fsp3) is 0.500. The van der Waals surface area contributed by atoms with Crippen LogP contribution in [0.15, 0.2) is 30.5 Å². The van der Waals surface area contributed by atoms with Crippen LogP contribution in [0.5, 0.6) is 0 Å². The third-order valence-corrected chi connectivity index (χ3v) is 7.78. The van der Waals surface area contributed by atoms with Gasteiger partial charge in [-0.1, -0.05) is 32.0 Å². The predicted molar refractivity (Wildman–Crippen MR) is 120 cm³/mol. The maximum atomic E-state index is 13.1. The molecule has 2 aliphatic heterocycles. The lowest BCUT2D eigenvalue weighted by molar-refractivity contribution is -0.139. The third-order valence-electron chi connectivity index (χ3n) is 6.03. The van der Waals surface area contributed by atoms with Gasteiger partial charge in [0.2, 0.25) is 5.91 Å². The van der Waals surface area contributed by atoms with Crippen molar-refractivity contribution < 1.29 is 22.8 Å². The lowest BCUT2D eigenvalue weighted by atomic mass is 10.1. The summed E-state index contributed by atoms with van der Waals surface area (Å²) < 4.78 is 23.8. The minimum atomic E-state index is -3.17. The van der Waals surface area contributed by atoms with Crippen molar-refractivity contribution in [3.63, 3.8) is 0 Å². The SMILES string of the molecule is CC(C)CN(C(=O)CN1C(=O)NC(Cc2c[nH]c3ccccc23)C1=O)C1CCS(=O)(=O)C1. The van der Waals surface area contributed by atoms with E-state index in [0.29, 0.717) is 19.4 Å². The highest BCUT2D eigenvalue weighted by Gasteiger charge is 2.41. The molecule has 2 saturated heterocycles. The van der Waals surface area contributed by atoms with Crippen LogP contribution in [-0.2, 0) is 25.8 Å². The quantitative estimate of drug-likeness (QED) is 0.604. The molecule has 0 saturated carbocycles. The van der Waals surface area contributed by atoms with Crippen molar-refractivity contribution in [3.8, 4) is 0 Å². The van der Waals surface area contributed by atoms with Gasteiger partial charge in [-0.2, -0.15) is 0 Å². The van der Waals surface area contributed by atoms with Gasteiger partial charge in [-0.05, 0) is 24.0 Å². The average Bonchev–Trinajstić information content (AvgIpc) is 3.38. The molecule has 0 bridgehead atoms. The molecule has 2 fully saturated rings. The summed E-state index contributed by atoms with van der Waals surface area (Å²) in [5.41, 5.74) is 1.85. The minimum Gasteiger partial charge on any atom is -0.361 e. The largest absolute Gasteiger partial charge is 0.361 e. The highest BCUT2D eigenvalue weighted by Crippen LogP contribution is 2.23. The van der Waals surface area contributed by atoms with Gasteiger partial charge in [0.25, 0.3) is 5.91 Å². The number of aromatic nitrogens is 1. The lowest BCUT2D eigenvalue weighted by Gasteiger charge is -2.31. The van der Waals surface area contributed by atoms with Gasteiger partial charge in [0, 0.05) is 36.1 Å². The number of nitrogens with zero attached hydrogens (tertiary/aromatic N) is 2. The van der Waals surface area contributed by atoms with Crippen LogP contribution in [0, 0.1) is 5.92 Å². The fourth-order valence-corrected chi connectivity index (χ4v) is 6.21. The Morgan fingerprint density at radius 3 is 2.69 bits per heavy atom. The number of benzene rings is 1. The molecule has 0 aliphatic carbocycles. The van der Waals surface area contributed by atoms with Crippen molar-refractivity contribution in [3.05, 3.63) is 36.0 Å². The fourth-order valence-electron chi connectivity index (χ4n) is 4.48. The molecular formula is C22H28N4O5S. The topological polar surface area (TPSA) is 120 Å². The molecule has 2 N–H and O–H groups in total. The van der Waals surface area contributed by atoms with Crippen LogP contribution in [0.3, 0.4) is 0 Å². The van der Waals surface area contributed by atoms with E-state index in [4.69, 9.17) is 0 Å². The molecule has 2 atom stereocenters. The number of sulfone groups is 1. The number of carbonyl (C=O) groups is 3. The standard InChI is InChI=1S/C22H28N4O5S/c1-14(2)11-25(16-7-8-32(30,31)13-16)20(27)12-26-21(28)19(24-22(26)29)9-15-10-23-18-6-4-3-5-17(15)18/h3-6,10,14,16,19,23H,7-9,11-13H2,1-2H3,(H,24,29). The van der Waals surface area contributed by atoms with E-state index in [9.17, 15) is 22.8 Å². The molecule has 2 unspecified atom stereocenters. The summed E-state index contributed by atoms with van der Waals surface area (Å²) in [4.78, 5) is 44.2. The number of hydrogen-bond donors (Lipinski definition) is 2. The number of H-pyrrole nitrogens is 1. The zero-order valence-corrected chi connectivity index (χ0v) is 19.0. The van der Waals surface area contributed by atoms with E-state index in [1.165, 1.54) is 4.90 Å². The Bertz CT molecular complexity index is 1160. The van der Waals surface area contributed by atoms with E-state index in [1.807, 2.05) is 44.3 Å². The van der Waals surface area contributed by atoms with Crippen LogP contribution in [0.2, 0.25) is 0 Å². The number of para-hydroxylation sites is 1. The Balaban J connectivity index is 1.46. The number of aromatic amines is 1. The number of hydrogen-bond acceptors (Lipinski definition) is 5. The van der Waals surface area contributed by atoms with Crippen LogP contribution in [0.25, 0.3) is 10.9 Å². The zero-order valence-electron chi connectivity index (χ0n) is 18.2. The van der Waals surface area contributed by atoms with Gasteiger partial charge in [-0.15, -0.1) is 0 Å². The van der Waals surface area contributed by atoms with Crippen molar-refractivity contribution in [1.29, 1.82) is 0 Å². The summed E-state index contributed by atoms with van der Waals surface area (Å²) in [6.07, 6.45) is 2.52. The first-order chi connectivity index (χ1) is 15.1. The van der Waals surface area contributed by atoms with E-state index in [-0.39, 0.29) is 17.4 Å². The van der Waals surface area contributed by atoms with Crippen molar-refractivity contribution >= 4 is 38.6 Å². The predicted octanol–water partition coefficient (Wildman–Crippen LogP) is 1.30. The minimum absolute atomic E-state index is 0.0510. The number of imide groups is 1. The summed E-state index contributed by atoms with van der Waals surface area (Å²) in [5, 5.41) is 3.66. The smallest absolute Gasteiger partial charge is 0.325 e. The highest BCUT2D eigenvalue weighted by molar-refractivity contribution is 7.91. The molecule has 3 heterocycles. The lowest BCUT2D eigenvalue weighted by Crippen LogP contribution is -2.49. The van der Waals surface area contributed by atoms with Gasteiger partial charge in [-0.25, -0.2) is 13.2 Å². The molecule has 9 nitrogen and oxygen atoms in total. The van der Waals surface area contributed by atoms with Crippen LogP contribution >= 0.6 is 0 Å². The monoisotopic (exact) mass is 460 g/mol. The Morgan fingerprint density at radius 1 is 1.25 bits per heavy atom. The van der Waals surface area contributed by atoms with Crippen molar-refractivity contribution in [2.75, 3.05) is 24.6 Å². The zero-order chi connectivity index (χ0) is 23.0. The molecule has 172 valence electrons. The highest BCUT2D eigenvalue weighted by atomic mass is 32.2. The molecule has 1 aromatic carbocycles. The number of nitrogens with one attached hydrogen (secondary N) is 2. The second-order valence-electron chi connectivity index (χ2n) is 8.99. The van der Waals surface area contributed by atoms with Gasteiger partial charge in [0.1, 0.15) is 12.6 Å². The van der Waals surface area contributed by atoms with Gasteiger partial charge in [0.05, 0.1) is 11.5 Å². The van der Waals surface area contributed by atoms with E-state index in [0.717, 1.165) is 21.4 Å². The maximum Gasteiger partial charge on any atom is 0.325 e. The van der Waals surface area contributed by atoms with E-state index < -0.39 is 46.3 Å². The molecular weight excluding hydrogens is 432 g/mol. The molecule has 4 rings (SSSR count). The number of fused-ring (bicyclic) bond motifs is 1. The van der Waals surface area contributed by atoms with Crippen LogP contribution in [0.1, 0.15) is 25.8 Å². The van der Waals surface area contributed by atoms with Crippen molar-refractivity contribution in [1.82, 2.24) is 20.1 Å². The molecule has 32 heavy (non-hydrogen) atoms. The van der Waals surface area contributed by atoms with Gasteiger partial charge in [-0.3, -0.25) is 14.5 Å². The molecule has 10 heteroatoms. The Labute approximate surface area is 187 Å². The third kappa shape index (κ3) is 4.50. The van der Waals surface area contributed by atoms with Gasteiger partial charge in [0.15, 0.2) is 9.84 Å². The normalized spacial score (nSPS) is 22.7. The van der Waals surface area contributed by atoms with E-state index in [2.05, 4.69) is 10.3 Å². The summed E-state index contributed by atoms with van der Waals surface area (Å²) in [6.45, 7) is 3.86. The molecule has 0 spiro atoms. The van der Waals surface area contributed by atoms with Gasteiger partial charge >= 0.3 is 6.03 Å². The maximum absolute atomic E-state index is 13.1. The molecule has 2 aromatic rings. The van der Waals surface area contributed by atoms with E-state index >= 15 is 0 Å². The van der Waals surface area contributed by atoms with Crippen molar-refractivity contribution in [2.45, 2.75) is 38.8 Å². The first-order valence-corrected chi connectivity index (χ1v) is 12.6. The second-order valence-corrected chi connectivity index (χ2v) is 11.2. The summed E-state index contributed by atoms with van der Waals surface area (Å²) in [5.74, 6) is -0.751. The average molecular weight is 461 g/mol. The van der Waals surface area contributed by atoms with E-state index in [1.54, 1.807) is 0 Å². The van der Waals surface area contributed by atoms with Crippen LogP contribution in [-0.4, -0.2) is 77.7 Å². The van der Waals surface area contributed by atoms with Crippen LogP contribution in [0.4, 0.5) is 4.79 Å². The molecule has 2 aliphatic rings. The first-order valence-electron chi connectivity index (χ1n) is 10.8. The number of carbonyl (C=O) groups excluding carboxylic acids is 3. The number of rotatable bonds is 7. The van der Waals surface area contributed by atoms with Crippen LogP contribution < -0.4 is 5.32 Å². The summed E-state index contributed by atoms with van der Waals surface area (Å²) in [6, 6.07) is 5.94. The Kier molecular flexibility index (Phi) is 5.98. The van der Waals surface area contributed by atoms with Gasteiger partial charge < -0.3 is 15.2 Å². The first kappa shape index (κ1) is 22.3. The molecule has 4 amide bonds. The number of amides is 4. The second kappa shape index (κ2) is 8.57. The number of urea groups is 1.